The molecule has 2 N–H and O–H groups in total. The van der Waals surface area contributed by atoms with Crippen molar-refractivity contribution in [1.82, 2.24) is 5.32 Å². The third-order valence-electron chi connectivity index (χ3n) is 3.33. The molecule has 21 heavy (non-hydrogen) atoms. The molecule has 0 saturated heterocycles. The Morgan fingerprint density at radius 2 is 1.95 bits per heavy atom. The maximum atomic E-state index is 12.0. The molecule has 0 radical (unpaired) electrons. The van der Waals surface area contributed by atoms with E-state index >= 15 is 0 Å². The Balaban J connectivity index is 1.88. The van der Waals surface area contributed by atoms with Gasteiger partial charge in [0.1, 0.15) is 0 Å². The largest absolute Gasteiger partial charge is 0.325 e. The van der Waals surface area contributed by atoms with Crippen molar-refractivity contribution in [3.05, 3.63) is 64.1 Å². The number of carbonyl (C=O) groups is 1. The molecule has 2 aromatic rings. The van der Waals surface area contributed by atoms with Crippen LogP contribution in [-0.4, -0.2) is 12.5 Å². The second-order valence-corrected chi connectivity index (χ2v) is 5.93. The van der Waals surface area contributed by atoms with Crippen LogP contribution in [0.5, 0.6) is 0 Å². The van der Waals surface area contributed by atoms with E-state index < -0.39 is 0 Å². The molecule has 0 aliphatic rings. The second kappa shape index (κ2) is 7.38. The van der Waals surface area contributed by atoms with Crippen molar-refractivity contribution in [2.24, 2.45) is 0 Å². The molecule has 0 aromatic heterocycles. The van der Waals surface area contributed by atoms with E-state index in [2.05, 4.69) is 52.5 Å². The van der Waals surface area contributed by atoms with E-state index in [-0.39, 0.29) is 18.5 Å². The van der Waals surface area contributed by atoms with E-state index in [0.717, 1.165) is 10.2 Å². The summed E-state index contributed by atoms with van der Waals surface area (Å²) in [6.45, 7) is 4.42. The molecular weight excluding hydrogens is 328 g/mol. The lowest BCUT2D eigenvalue weighted by Gasteiger charge is -2.16. The van der Waals surface area contributed by atoms with Gasteiger partial charge in [0.15, 0.2) is 0 Å². The second-order valence-electron chi connectivity index (χ2n) is 5.02. The fraction of sp³-hybridized carbons (Fsp3) is 0.235. The van der Waals surface area contributed by atoms with Gasteiger partial charge in [-0.1, -0.05) is 46.3 Å². The molecule has 0 bridgehead atoms. The third-order valence-corrected chi connectivity index (χ3v) is 3.83. The number of hydrogen-bond acceptors (Lipinski definition) is 2. The summed E-state index contributed by atoms with van der Waals surface area (Å²) in [5.41, 5.74) is 3.23. The van der Waals surface area contributed by atoms with Gasteiger partial charge < -0.3 is 10.6 Å². The van der Waals surface area contributed by atoms with Gasteiger partial charge in [-0.2, -0.15) is 0 Å². The summed E-state index contributed by atoms with van der Waals surface area (Å²) in [5, 5.41) is 6.12. The normalized spacial score (nSPS) is 12.0. The van der Waals surface area contributed by atoms with Crippen LogP contribution in [0.4, 0.5) is 5.69 Å². The smallest absolute Gasteiger partial charge is 0.238 e. The number of carbonyl (C=O) groups excluding carboxylic acids is 1. The Bertz CT molecular complexity index is 628. The van der Waals surface area contributed by atoms with Crippen molar-refractivity contribution in [2.75, 3.05) is 11.9 Å². The van der Waals surface area contributed by atoms with Crippen LogP contribution in [0.25, 0.3) is 0 Å². The standard InChI is InChI=1S/C17H19BrN2O/c1-12-6-3-4-9-16(12)13(2)19-11-17(21)20-15-8-5-7-14(18)10-15/h3-10,13,19H,11H2,1-2H3,(H,20,21). The fourth-order valence-corrected chi connectivity index (χ4v) is 2.60. The molecule has 4 heteroatoms. The average Bonchev–Trinajstić information content (AvgIpc) is 2.45. The molecular formula is C17H19BrN2O. The van der Waals surface area contributed by atoms with E-state index in [1.807, 2.05) is 36.4 Å². The first-order valence-electron chi connectivity index (χ1n) is 6.90. The summed E-state index contributed by atoms with van der Waals surface area (Å²) in [4.78, 5) is 12.0. The Kier molecular flexibility index (Phi) is 5.53. The van der Waals surface area contributed by atoms with Gasteiger partial charge in [-0.25, -0.2) is 0 Å². The minimum atomic E-state index is -0.0477. The van der Waals surface area contributed by atoms with Crippen LogP contribution in [-0.2, 0) is 4.79 Å². The lowest BCUT2D eigenvalue weighted by molar-refractivity contribution is -0.115. The maximum absolute atomic E-state index is 12.0. The van der Waals surface area contributed by atoms with E-state index in [0.29, 0.717) is 0 Å². The highest BCUT2D eigenvalue weighted by Gasteiger charge is 2.09. The molecule has 0 heterocycles. The van der Waals surface area contributed by atoms with Gasteiger partial charge in [0.05, 0.1) is 6.54 Å². The monoisotopic (exact) mass is 346 g/mol. The first kappa shape index (κ1) is 15.7. The van der Waals surface area contributed by atoms with E-state index in [4.69, 9.17) is 0 Å². The number of amides is 1. The highest BCUT2D eigenvalue weighted by molar-refractivity contribution is 9.10. The average molecular weight is 347 g/mol. The Hall–Kier alpha value is -1.65. The summed E-state index contributed by atoms with van der Waals surface area (Å²) in [6.07, 6.45) is 0. The molecule has 0 aliphatic heterocycles. The van der Waals surface area contributed by atoms with Crippen molar-refractivity contribution in [1.29, 1.82) is 0 Å². The van der Waals surface area contributed by atoms with Gasteiger partial charge in [-0.05, 0) is 43.2 Å². The van der Waals surface area contributed by atoms with Crippen molar-refractivity contribution in [3.8, 4) is 0 Å². The molecule has 1 amide bonds. The van der Waals surface area contributed by atoms with E-state index in [9.17, 15) is 4.79 Å². The zero-order valence-corrected chi connectivity index (χ0v) is 13.8. The lowest BCUT2D eigenvalue weighted by atomic mass is 10.0. The highest BCUT2D eigenvalue weighted by Crippen LogP contribution is 2.17. The number of halogens is 1. The van der Waals surface area contributed by atoms with Gasteiger partial charge in [0.2, 0.25) is 5.91 Å². The highest BCUT2D eigenvalue weighted by atomic mass is 79.9. The minimum Gasteiger partial charge on any atom is -0.325 e. The van der Waals surface area contributed by atoms with Crippen molar-refractivity contribution >= 4 is 27.5 Å². The first-order chi connectivity index (χ1) is 10.1. The molecule has 110 valence electrons. The fourth-order valence-electron chi connectivity index (χ4n) is 2.20. The molecule has 0 spiro atoms. The zero-order chi connectivity index (χ0) is 15.2. The van der Waals surface area contributed by atoms with Gasteiger partial charge >= 0.3 is 0 Å². The lowest BCUT2D eigenvalue weighted by Crippen LogP contribution is -2.30. The molecule has 2 rings (SSSR count). The van der Waals surface area contributed by atoms with Gasteiger partial charge in [-0.3, -0.25) is 4.79 Å². The van der Waals surface area contributed by atoms with Crippen LogP contribution in [0, 0.1) is 6.92 Å². The third kappa shape index (κ3) is 4.69. The molecule has 0 fully saturated rings. The van der Waals surface area contributed by atoms with Crippen LogP contribution in [0.3, 0.4) is 0 Å². The molecule has 3 nitrogen and oxygen atoms in total. The van der Waals surface area contributed by atoms with Crippen LogP contribution < -0.4 is 10.6 Å². The number of nitrogens with one attached hydrogen (secondary N) is 2. The molecule has 1 atom stereocenters. The van der Waals surface area contributed by atoms with E-state index in [1.54, 1.807) is 0 Å². The molecule has 1 unspecified atom stereocenters. The summed E-state index contributed by atoms with van der Waals surface area (Å²) >= 11 is 3.39. The topological polar surface area (TPSA) is 41.1 Å². The number of rotatable bonds is 5. The summed E-state index contributed by atoms with van der Waals surface area (Å²) in [7, 11) is 0. The molecule has 0 saturated carbocycles. The SMILES string of the molecule is Cc1ccccc1C(C)NCC(=O)Nc1cccc(Br)c1. The van der Waals surface area contributed by atoms with Crippen LogP contribution in [0.2, 0.25) is 0 Å². The molecule has 2 aromatic carbocycles. The Labute approximate surface area is 133 Å². The van der Waals surface area contributed by atoms with Crippen LogP contribution in [0.15, 0.2) is 53.0 Å². The van der Waals surface area contributed by atoms with Crippen LogP contribution >= 0.6 is 15.9 Å². The summed E-state index contributed by atoms with van der Waals surface area (Å²) in [5.74, 6) is -0.0477. The quantitative estimate of drug-likeness (QED) is 0.857. The van der Waals surface area contributed by atoms with Gasteiger partial charge in [0.25, 0.3) is 0 Å². The summed E-state index contributed by atoms with van der Waals surface area (Å²) < 4.78 is 0.946. The summed E-state index contributed by atoms with van der Waals surface area (Å²) in [6, 6.07) is 15.9. The number of aryl methyl sites for hydroxylation is 1. The minimum absolute atomic E-state index is 0.0477. The van der Waals surface area contributed by atoms with Crippen LogP contribution in [0.1, 0.15) is 24.1 Å². The zero-order valence-electron chi connectivity index (χ0n) is 12.2. The predicted octanol–water partition coefficient (Wildman–Crippen LogP) is 4.05. The maximum Gasteiger partial charge on any atom is 0.238 e. The Morgan fingerprint density at radius 3 is 2.67 bits per heavy atom. The molecule has 0 aliphatic carbocycles. The van der Waals surface area contributed by atoms with E-state index in [1.165, 1.54) is 11.1 Å². The van der Waals surface area contributed by atoms with Crippen molar-refractivity contribution in [3.63, 3.8) is 0 Å². The van der Waals surface area contributed by atoms with Gasteiger partial charge in [0, 0.05) is 16.2 Å². The van der Waals surface area contributed by atoms with Crippen molar-refractivity contribution in [2.45, 2.75) is 19.9 Å². The number of benzene rings is 2. The number of hydrogen-bond donors (Lipinski definition) is 2. The first-order valence-corrected chi connectivity index (χ1v) is 7.70. The van der Waals surface area contributed by atoms with Gasteiger partial charge in [-0.15, -0.1) is 0 Å². The predicted molar refractivity (Wildman–Crippen MR) is 90.4 cm³/mol. The van der Waals surface area contributed by atoms with Crippen molar-refractivity contribution < 1.29 is 4.79 Å². The number of anilines is 1. The Morgan fingerprint density at radius 1 is 1.19 bits per heavy atom.